The van der Waals surface area contributed by atoms with E-state index in [1.807, 2.05) is 13.8 Å². The summed E-state index contributed by atoms with van der Waals surface area (Å²) in [7, 11) is 0. The van der Waals surface area contributed by atoms with Gasteiger partial charge in [-0.15, -0.1) is 0 Å². The van der Waals surface area contributed by atoms with Gasteiger partial charge < -0.3 is 14.7 Å². The number of aromatic nitrogens is 1. The minimum atomic E-state index is -1.13. The smallest absolute Gasteiger partial charge is 0.279 e. The Balaban J connectivity index is 1.64. The van der Waals surface area contributed by atoms with Gasteiger partial charge in [0, 0.05) is 18.7 Å². The van der Waals surface area contributed by atoms with Gasteiger partial charge >= 0.3 is 0 Å². The summed E-state index contributed by atoms with van der Waals surface area (Å²) >= 11 is 0. The zero-order valence-corrected chi connectivity index (χ0v) is 18.7. The van der Waals surface area contributed by atoms with E-state index in [9.17, 15) is 18.4 Å². The molecule has 0 radical (unpaired) electrons. The van der Waals surface area contributed by atoms with E-state index in [-0.39, 0.29) is 35.9 Å². The van der Waals surface area contributed by atoms with Crippen molar-refractivity contribution in [1.29, 1.82) is 0 Å². The molecule has 0 bridgehead atoms. The molecule has 2 atom stereocenters. The van der Waals surface area contributed by atoms with Crippen LogP contribution in [0.3, 0.4) is 0 Å². The van der Waals surface area contributed by atoms with Crippen LogP contribution in [0.25, 0.3) is 11.3 Å². The van der Waals surface area contributed by atoms with Crippen molar-refractivity contribution in [2.45, 2.75) is 64.5 Å². The fourth-order valence-corrected chi connectivity index (χ4v) is 4.90. The molecule has 1 aliphatic carbocycles. The molecule has 2 aliphatic rings. The van der Waals surface area contributed by atoms with Gasteiger partial charge in [-0.2, -0.15) is 4.39 Å². The first-order valence-corrected chi connectivity index (χ1v) is 11.5. The predicted octanol–water partition coefficient (Wildman–Crippen LogP) is 4.69. The van der Waals surface area contributed by atoms with Crippen molar-refractivity contribution in [3.63, 3.8) is 0 Å². The fourth-order valence-electron chi connectivity index (χ4n) is 4.90. The second kappa shape index (κ2) is 9.57. The van der Waals surface area contributed by atoms with Crippen LogP contribution in [0.2, 0.25) is 0 Å². The standard InChI is InChI=1S/C24H28F3N3O3/c1-13(2)10-19-23(31)28-18(14-6-4-3-5-7-14)12-30(19)24(32)21-20(27)22(33-29-21)16-9-8-15(25)11-17(16)26/h8-9,11,13-14,18-19H,3-7,10,12H2,1-2H3,(H,28,31)/t18-,19+/m1/s1. The van der Waals surface area contributed by atoms with Gasteiger partial charge in [0.1, 0.15) is 17.7 Å². The van der Waals surface area contributed by atoms with Crippen LogP contribution < -0.4 is 5.32 Å². The summed E-state index contributed by atoms with van der Waals surface area (Å²) in [6.07, 6.45) is 5.65. The maximum Gasteiger partial charge on any atom is 0.279 e. The van der Waals surface area contributed by atoms with Crippen LogP contribution in [0, 0.1) is 29.3 Å². The number of carbonyl (C=O) groups excluding carboxylic acids is 2. The second-order valence-electron chi connectivity index (χ2n) is 9.41. The van der Waals surface area contributed by atoms with Crippen LogP contribution in [0.4, 0.5) is 13.2 Å². The summed E-state index contributed by atoms with van der Waals surface area (Å²) in [5.74, 6) is -4.22. The molecule has 178 valence electrons. The van der Waals surface area contributed by atoms with Crippen molar-refractivity contribution in [3.8, 4) is 11.3 Å². The summed E-state index contributed by atoms with van der Waals surface area (Å²) in [5.41, 5.74) is -0.949. The summed E-state index contributed by atoms with van der Waals surface area (Å²) in [5, 5.41) is 6.65. The molecule has 2 amide bonds. The highest BCUT2D eigenvalue weighted by molar-refractivity contribution is 5.97. The van der Waals surface area contributed by atoms with Crippen LogP contribution in [0.15, 0.2) is 22.7 Å². The molecule has 0 spiro atoms. The normalized spacial score (nSPS) is 22.0. The third kappa shape index (κ3) is 4.77. The Bertz CT molecular complexity index is 1030. The molecule has 1 N–H and O–H groups in total. The first kappa shape index (κ1) is 23.3. The number of piperazine rings is 1. The van der Waals surface area contributed by atoms with E-state index < -0.39 is 40.9 Å². The summed E-state index contributed by atoms with van der Waals surface area (Å²) < 4.78 is 47.5. The number of amides is 2. The van der Waals surface area contributed by atoms with E-state index >= 15 is 4.39 Å². The lowest BCUT2D eigenvalue weighted by molar-refractivity contribution is -0.131. The van der Waals surface area contributed by atoms with Crippen molar-refractivity contribution in [2.24, 2.45) is 11.8 Å². The molecule has 1 saturated heterocycles. The number of halogens is 3. The number of rotatable bonds is 5. The molecule has 1 aromatic carbocycles. The summed E-state index contributed by atoms with van der Waals surface area (Å²) in [4.78, 5) is 27.8. The van der Waals surface area contributed by atoms with Crippen molar-refractivity contribution >= 4 is 11.8 Å². The topological polar surface area (TPSA) is 75.4 Å². The minimum absolute atomic E-state index is 0.119. The lowest BCUT2D eigenvalue weighted by Gasteiger charge is -2.43. The SMILES string of the molecule is CC(C)C[C@H]1C(=O)N[C@@H](C2CCCCC2)CN1C(=O)c1noc(-c2ccc(F)cc2F)c1F. The third-order valence-electron chi connectivity index (χ3n) is 6.59. The van der Waals surface area contributed by atoms with E-state index in [2.05, 4.69) is 10.5 Å². The number of benzene rings is 1. The number of nitrogens with one attached hydrogen (secondary N) is 1. The lowest BCUT2D eigenvalue weighted by atomic mass is 9.82. The molecule has 4 rings (SSSR count). The van der Waals surface area contributed by atoms with E-state index in [1.54, 1.807) is 0 Å². The van der Waals surface area contributed by atoms with Crippen LogP contribution in [0.1, 0.15) is 62.9 Å². The van der Waals surface area contributed by atoms with Gasteiger partial charge in [-0.3, -0.25) is 9.59 Å². The first-order chi connectivity index (χ1) is 15.8. The molecule has 0 unspecified atom stereocenters. The van der Waals surface area contributed by atoms with Gasteiger partial charge in [0.2, 0.25) is 23.2 Å². The van der Waals surface area contributed by atoms with Gasteiger partial charge in [-0.25, -0.2) is 8.78 Å². The average Bonchev–Trinajstić information content (AvgIpc) is 3.16. The Hall–Kier alpha value is -2.84. The number of carbonyl (C=O) groups is 2. The van der Waals surface area contributed by atoms with Crippen LogP contribution in [-0.2, 0) is 4.79 Å². The molecule has 2 aromatic rings. The van der Waals surface area contributed by atoms with Gasteiger partial charge in [0.15, 0.2) is 0 Å². The molecule has 9 heteroatoms. The lowest BCUT2D eigenvalue weighted by Crippen LogP contribution is -2.63. The molecule has 1 aliphatic heterocycles. The van der Waals surface area contributed by atoms with Gasteiger partial charge in [0.05, 0.1) is 5.56 Å². The van der Waals surface area contributed by atoms with Crippen LogP contribution in [-0.4, -0.2) is 40.5 Å². The Morgan fingerprint density at radius 3 is 2.61 bits per heavy atom. The Morgan fingerprint density at radius 2 is 1.94 bits per heavy atom. The van der Waals surface area contributed by atoms with Crippen molar-refractivity contribution in [3.05, 3.63) is 41.3 Å². The van der Waals surface area contributed by atoms with Crippen LogP contribution >= 0.6 is 0 Å². The predicted molar refractivity (Wildman–Crippen MR) is 115 cm³/mol. The summed E-state index contributed by atoms with van der Waals surface area (Å²) in [6, 6.07) is 1.61. The van der Waals surface area contributed by atoms with Gasteiger partial charge in [0.25, 0.3) is 5.91 Å². The number of nitrogens with zero attached hydrogens (tertiary/aromatic N) is 2. The largest absolute Gasteiger partial charge is 0.352 e. The highest BCUT2D eigenvalue weighted by Gasteiger charge is 2.42. The zero-order chi connectivity index (χ0) is 23.7. The fraction of sp³-hybridized carbons (Fsp3) is 0.542. The monoisotopic (exact) mass is 463 g/mol. The maximum atomic E-state index is 15.2. The Labute approximate surface area is 190 Å². The van der Waals surface area contributed by atoms with Crippen molar-refractivity contribution < 1.29 is 27.3 Å². The molecule has 2 fully saturated rings. The highest BCUT2D eigenvalue weighted by Crippen LogP contribution is 2.32. The molecule has 1 aromatic heterocycles. The Kier molecular flexibility index (Phi) is 6.76. The van der Waals surface area contributed by atoms with Crippen molar-refractivity contribution in [2.75, 3.05) is 6.54 Å². The second-order valence-corrected chi connectivity index (χ2v) is 9.41. The zero-order valence-electron chi connectivity index (χ0n) is 18.7. The van der Waals surface area contributed by atoms with E-state index in [0.717, 1.165) is 44.2 Å². The Morgan fingerprint density at radius 1 is 1.21 bits per heavy atom. The minimum Gasteiger partial charge on any atom is -0.352 e. The van der Waals surface area contributed by atoms with Crippen LogP contribution in [0.5, 0.6) is 0 Å². The maximum absolute atomic E-state index is 15.2. The van der Waals surface area contributed by atoms with Gasteiger partial charge in [-0.05, 0) is 43.2 Å². The molecule has 33 heavy (non-hydrogen) atoms. The highest BCUT2D eigenvalue weighted by atomic mass is 19.1. The quantitative estimate of drug-likeness (QED) is 0.698. The molecular weight excluding hydrogens is 435 g/mol. The number of hydrogen-bond acceptors (Lipinski definition) is 4. The molecule has 6 nitrogen and oxygen atoms in total. The first-order valence-electron chi connectivity index (χ1n) is 11.5. The van der Waals surface area contributed by atoms with E-state index in [4.69, 9.17) is 4.52 Å². The summed E-state index contributed by atoms with van der Waals surface area (Å²) in [6.45, 7) is 4.13. The van der Waals surface area contributed by atoms with Gasteiger partial charge in [-0.1, -0.05) is 38.3 Å². The molecule has 1 saturated carbocycles. The van der Waals surface area contributed by atoms with E-state index in [0.29, 0.717) is 12.5 Å². The molecular formula is C24H28F3N3O3. The third-order valence-corrected chi connectivity index (χ3v) is 6.59. The number of hydrogen-bond donors (Lipinski definition) is 1. The van der Waals surface area contributed by atoms with E-state index in [1.165, 1.54) is 4.90 Å². The van der Waals surface area contributed by atoms with Crippen molar-refractivity contribution in [1.82, 2.24) is 15.4 Å². The molecule has 2 heterocycles. The average molecular weight is 464 g/mol.